The van der Waals surface area contributed by atoms with Crippen molar-refractivity contribution in [2.24, 2.45) is 7.05 Å². The highest BCUT2D eigenvalue weighted by Crippen LogP contribution is 2.34. The molecule has 1 aliphatic carbocycles. The highest BCUT2D eigenvalue weighted by atomic mass is 32.1. The summed E-state index contributed by atoms with van der Waals surface area (Å²) >= 11 is 5.16. The van der Waals surface area contributed by atoms with E-state index in [0.29, 0.717) is 11.6 Å². The molecule has 1 saturated carbocycles. The van der Waals surface area contributed by atoms with Gasteiger partial charge in [-0.15, -0.1) is 0 Å². The smallest absolute Gasteiger partial charge is 0.329 e. The third kappa shape index (κ3) is 1.54. The molecule has 0 bridgehead atoms. The highest BCUT2D eigenvalue weighted by Gasteiger charge is 2.22. The van der Waals surface area contributed by atoms with Crippen molar-refractivity contribution in [3.05, 3.63) is 31.3 Å². The van der Waals surface area contributed by atoms with E-state index < -0.39 is 11.2 Å². The van der Waals surface area contributed by atoms with Gasteiger partial charge in [-0.2, -0.15) is 0 Å². The Labute approximate surface area is 107 Å². The molecule has 18 heavy (non-hydrogen) atoms. The van der Waals surface area contributed by atoms with Gasteiger partial charge in [0.05, 0.1) is 0 Å². The molecule has 2 aromatic rings. The molecular weight excluding hydrogens is 252 g/mol. The van der Waals surface area contributed by atoms with Crippen molar-refractivity contribution in [3.8, 4) is 0 Å². The lowest BCUT2D eigenvalue weighted by Gasteiger charge is -2.24. The van der Waals surface area contributed by atoms with E-state index in [1.54, 1.807) is 7.05 Å². The number of hydrogen-bond donors (Lipinski definition) is 2. The molecule has 0 aliphatic heterocycles. The topological polar surface area (TPSA) is 83.5 Å². The zero-order chi connectivity index (χ0) is 12.9. The van der Waals surface area contributed by atoms with E-state index >= 15 is 0 Å². The van der Waals surface area contributed by atoms with Crippen LogP contribution in [0.2, 0.25) is 0 Å². The van der Waals surface area contributed by atoms with E-state index in [-0.39, 0.29) is 10.0 Å². The van der Waals surface area contributed by atoms with E-state index in [2.05, 4.69) is 15.0 Å². The van der Waals surface area contributed by atoms with Crippen molar-refractivity contribution in [1.29, 1.82) is 0 Å². The molecule has 0 aromatic carbocycles. The van der Waals surface area contributed by atoms with Gasteiger partial charge in [0.15, 0.2) is 0 Å². The summed E-state index contributed by atoms with van der Waals surface area (Å²) in [5.41, 5.74) is -0.489. The Kier molecular flexibility index (Phi) is 2.44. The number of aromatic nitrogens is 4. The SMILES string of the molecule is Cn1c(=O)[nH]c(=O)c2c(=S)nc(C3CCC3)[nH]c21. The molecular formula is C11H12N4O2S. The predicted octanol–water partition coefficient (Wildman–Crippen LogP) is 0.947. The van der Waals surface area contributed by atoms with Crippen molar-refractivity contribution in [3.63, 3.8) is 0 Å². The summed E-state index contributed by atoms with van der Waals surface area (Å²) in [4.78, 5) is 32.9. The number of aryl methyl sites for hydroxylation is 1. The minimum Gasteiger partial charge on any atom is -0.329 e. The molecule has 2 aromatic heterocycles. The first-order valence-corrected chi connectivity index (χ1v) is 6.22. The fourth-order valence-corrected chi connectivity index (χ4v) is 2.44. The molecule has 2 heterocycles. The van der Waals surface area contributed by atoms with Gasteiger partial charge in [-0.1, -0.05) is 18.6 Å². The largest absolute Gasteiger partial charge is 0.329 e. The zero-order valence-corrected chi connectivity index (χ0v) is 10.6. The number of fused-ring (bicyclic) bond motifs is 1. The van der Waals surface area contributed by atoms with Gasteiger partial charge in [0.25, 0.3) is 5.56 Å². The van der Waals surface area contributed by atoms with Gasteiger partial charge in [0.1, 0.15) is 21.5 Å². The van der Waals surface area contributed by atoms with Gasteiger partial charge in [-0.3, -0.25) is 14.3 Å². The van der Waals surface area contributed by atoms with Crippen LogP contribution in [-0.2, 0) is 7.05 Å². The van der Waals surface area contributed by atoms with Crippen LogP contribution in [0.15, 0.2) is 9.59 Å². The molecule has 0 spiro atoms. The van der Waals surface area contributed by atoms with Crippen molar-refractivity contribution in [1.82, 2.24) is 19.5 Å². The van der Waals surface area contributed by atoms with Crippen molar-refractivity contribution < 1.29 is 0 Å². The van der Waals surface area contributed by atoms with Crippen LogP contribution in [0.3, 0.4) is 0 Å². The standard InChI is InChI=1S/C11H12N4O2S/c1-15-8-6(9(16)14-11(15)17)10(18)13-7(12-8)5-3-2-4-5/h5H,2-4H2,1H3,(H,12,13,18)(H,14,16,17). The van der Waals surface area contributed by atoms with Gasteiger partial charge in [-0.05, 0) is 12.8 Å². The molecule has 0 atom stereocenters. The van der Waals surface area contributed by atoms with Crippen LogP contribution >= 0.6 is 12.2 Å². The second-order valence-corrected chi connectivity index (χ2v) is 4.98. The van der Waals surface area contributed by atoms with E-state index in [1.807, 2.05) is 0 Å². The minimum atomic E-state index is -0.484. The lowest BCUT2D eigenvalue weighted by atomic mass is 9.85. The number of aromatic amines is 2. The van der Waals surface area contributed by atoms with Crippen molar-refractivity contribution in [2.45, 2.75) is 25.2 Å². The molecule has 3 rings (SSSR count). The van der Waals surface area contributed by atoms with Crippen LogP contribution in [0.5, 0.6) is 0 Å². The first kappa shape index (κ1) is 11.3. The Balaban J connectivity index is 2.42. The van der Waals surface area contributed by atoms with E-state index in [9.17, 15) is 9.59 Å². The van der Waals surface area contributed by atoms with Crippen molar-refractivity contribution in [2.75, 3.05) is 0 Å². The minimum absolute atomic E-state index is 0.252. The van der Waals surface area contributed by atoms with Gasteiger partial charge in [0, 0.05) is 13.0 Å². The maximum atomic E-state index is 11.7. The molecule has 7 heteroatoms. The molecule has 0 radical (unpaired) electrons. The van der Waals surface area contributed by atoms with Crippen LogP contribution in [0.1, 0.15) is 31.0 Å². The molecule has 0 saturated heterocycles. The first-order valence-electron chi connectivity index (χ1n) is 5.81. The second kappa shape index (κ2) is 3.88. The Morgan fingerprint density at radius 2 is 2.06 bits per heavy atom. The van der Waals surface area contributed by atoms with E-state index in [4.69, 9.17) is 12.2 Å². The van der Waals surface area contributed by atoms with E-state index in [1.165, 1.54) is 11.0 Å². The quantitative estimate of drug-likeness (QED) is 0.751. The summed E-state index contributed by atoms with van der Waals surface area (Å²) in [7, 11) is 1.59. The Hall–Kier alpha value is -1.76. The maximum absolute atomic E-state index is 11.7. The number of nitrogens with zero attached hydrogens (tertiary/aromatic N) is 2. The number of hydrogen-bond acceptors (Lipinski definition) is 4. The normalized spacial score (nSPS) is 15.8. The van der Waals surface area contributed by atoms with Gasteiger partial charge in [0.2, 0.25) is 0 Å². The molecule has 0 unspecified atom stereocenters. The Morgan fingerprint density at radius 3 is 2.67 bits per heavy atom. The number of rotatable bonds is 1. The fraction of sp³-hybridized carbons (Fsp3) is 0.455. The molecule has 2 N–H and O–H groups in total. The zero-order valence-electron chi connectivity index (χ0n) is 9.82. The van der Waals surface area contributed by atoms with Crippen LogP contribution in [0.4, 0.5) is 0 Å². The second-order valence-electron chi connectivity index (χ2n) is 4.60. The van der Waals surface area contributed by atoms with Gasteiger partial charge < -0.3 is 4.98 Å². The maximum Gasteiger partial charge on any atom is 0.329 e. The molecule has 0 amide bonds. The van der Waals surface area contributed by atoms with Gasteiger partial charge in [-0.25, -0.2) is 9.78 Å². The third-order valence-electron chi connectivity index (χ3n) is 3.50. The monoisotopic (exact) mass is 264 g/mol. The summed E-state index contributed by atoms with van der Waals surface area (Å²) < 4.78 is 1.61. The highest BCUT2D eigenvalue weighted by molar-refractivity contribution is 7.71. The molecule has 1 fully saturated rings. The van der Waals surface area contributed by atoms with Gasteiger partial charge >= 0.3 is 5.69 Å². The number of nitrogens with one attached hydrogen (secondary N) is 2. The summed E-state index contributed by atoms with van der Waals surface area (Å²) in [6.07, 6.45) is 3.32. The Morgan fingerprint density at radius 1 is 1.33 bits per heavy atom. The third-order valence-corrected chi connectivity index (χ3v) is 3.79. The average Bonchev–Trinajstić information content (AvgIpc) is 2.22. The molecule has 1 aliphatic rings. The summed E-state index contributed by atoms with van der Waals surface area (Å²) in [6.45, 7) is 0. The summed E-state index contributed by atoms with van der Waals surface area (Å²) in [6, 6.07) is 0. The predicted molar refractivity (Wildman–Crippen MR) is 69.4 cm³/mol. The van der Waals surface area contributed by atoms with Crippen LogP contribution < -0.4 is 11.2 Å². The Bertz CT molecular complexity index is 797. The lowest BCUT2D eigenvalue weighted by Crippen LogP contribution is -2.30. The van der Waals surface area contributed by atoms with Crippen molar-refractivity contribution >= 4 is 23.3 Å². The van der Waals surface area contributed by atoms with Crippen LogP contribution in [-0.4, -0.2) is 19.5 Å². The van der Waals surface area contributed by atoms with Crippen LogP contribution in [0.25, 0.3) is 11.0 Å². The molecule has 6 nitrogen and oxygen atoms in total. The summed E-state index contributed by atoms with van der Waals surface area (Å²) in [5, 5.41) is 0.273. The summed E-state index contributed by atoms with van der Waals surface area (Å²) in [5.74, 6) is 1.14. The first-order chi connectivity index (χ1) is 8.58. The average molecular weight is 264 g/mol. The van der Waals surface area contributed by atoms with Crippen LogP contribution in [0, 0.1) is 4.64 Å². The molecule has 94 valence electrons. The fourth-order valence-electron chi connectivity index (χ4n) is 2.15. The lowest BCUT2D eigenvalue weighted by molar-refractivity contribution is 0.401. The number of H-pyrrole nitrogens is 2. The van der Waals surface area contributed by atoms with E-state index in [0.717, 1.165) is 18.7 Å².